The summed E-state index contributed by atoms with van der Waals surface area (Å²) < 4.78 is 10.4. The lowest BCUT2D eigenvalue weighted by Crippen LogP contribution is -2.37. The molecule has 2 fully saturated rings. The summed E-state index contributed by atoms with van der Waals surface area (Å²) in [7, 11) is 0. The number of para-hydroxylation sites is 1. The fourth-order valence-electron chi connectivity index (χ4n) is 7.24. The minimum absolute atomic E-state index is 0.0316. The van der Waals surface area contributed by atoms with Gasteiger partial charge in [0.2, 0.25) is 0 Å². The van der Waals surface area contributed by atoms with Gasteiger partial charge in [0.05, 0.1) is 7.41 Å². The Balaban J connectivity index is 1.63. The first-order valence-electron chi connectivity index (χ1n) is 13.7. The van der Waals surface area contributed by atoms with Crippen LogP contribution >= 0.6 is 0 Å². The van der Waals surface area contributed by atoms with Crippen molar-refractivity contribution >= 4 is 5.69 Å². The summed E-state index contributed by atoms with van der Waals surface area (Å²) >= 11 is 0. The Morgan fingerprint density at radius 2 is 1.35 bits per heavy atom. The fourth-order valence-corrected chi connectivity index (χ4v) is 7.24. The van der Waals surface area contributed by atoms with E-state index in [1.54, 1.807) is 0 Å². The Morgan fingerprint density at radius 3 is 2.06 bits per heavy atom. The third-order valence-electron chi connectivity index (χ3n) is 8.74. The van der Waals surface area contributed by atoms with E-state index in [9.17, 15) is 1.37 Å². The maximum Gasteiger partial charge on any atom is 0.110 e. The molecule has 176 valence electrons. The Bertz CT molecular complexity index is 1230. The van der Waals surface area contributed by atoms with Crippen LogP contribution in [-0.4, -0.2) is 10.9 Å². The second kappa shape index (κ2) is 8.57. The summed E-state index contributed by atoms with van der Waals surface area (Å²) in [6.07, 6.45) is 6.14. The van der Waals surface area contributed by atoms with Gasteiger partial charge in [-0.05, 0) is 85.9 Å². The summed E-state index contributed by atoms with van der Waals surface area (Å²) in [4.78, 5) is 5.29. The van der Waals surface area contributed by atoms with Gasteiger partial charge in [-0.2, -0.15) is 0 Å². The van der Waals surface area contributed by atoms with Gasteiger partial charge in [-0.3, -0.25) is 4.90 Å². The molecule has 2 nitrogen and oxygen atoms in total. The second-order valence-electron chi connectivity index (χ2n) is 10.8. The Morgan fingerprint density at radius 1 is 0.735 bits per heavy atom. The molecule has 1 aliphatic carbocycles. The quantitative estimate of drug-likeness (QED) is 0.396. The van der Waals surface area contributed by atoms with Crippen molar-refractivity contribution in [3.63, 3.8) is 0 Å². The molecule has 0 radical (unpaired) electrons. The lowest BCUT2D eigenvalue weighted by atomic mass is 9.80. The Hall–Kier alpha value is -2.58. The van der Waals surface area contributed by atoms with Crippen LogP contribution in [0, 0.1) is 26.7 Å². The first-order valence-corrected chi connectivity index (χ1v) is 13.2. The molecule has 3 unspecified atom stereocenters. The van der Waals surface area contributed by atoms with Crippen LogP contribution in [0.25, 0.3) is 0 Å². The highest BCUT2D eigenvalue weighted by Crippen LogP contribution is 2.60. The number of aryl methyl sites for hydroxylation is 3. The van der Waals surface area contributed by atoms with Crippen molar-refractivity contribution in [1.29, 1.82) is 0 Å². The summed E-state index contributed by atoms with van der Waals surface area (Å²) in [5.74, 6) is 0.359. The summed E-state index contributed by atoms with van der Waals surface area (Å²) in [5, 5.41) is 0. The van der Waals surface area contributed by atoms with Crippen molar-refractivity contribution in [2.24, 2.45) is 5.92 Å². The monoisotopic (exact) mass is 451 g/mol. The van der Waals surface area contributed by atoms with E-state index in [2.05, 4.69) is 104 Å². The van der Waals surface area contributed by atoms with Gasteiger partial charge in [-0.15, -0.1) is 0 Å². The smallest absolute Gasteiger partial charge is 0.110 e. The molecule has 0 N–H and O–H groups in total. The van der Waals surface area contributed by atoms with E-state index in [0.717, 1.165) is 12.8 Å². The molecule has 2 heterocycles. The fraction of sp³-hybridized carbons (Fsp3) is 0.438. The third kappa shape index (κ3) is 3.26. The van der Waals surface area contributed by atoms with Gasteiger partial charge >= 0.3 is 0 Å². The second-order valence-corrected chi connectivity index (χ2v) is 10.8. The molecule has 0 aromatic heterocycles. The number of hydrogen-bond acceptors (Lipinski definition) is 2. The Labute approximate surface area is 207 Å². The minimum Gasteiger partial charge on any atom is -0.347 e. The van der Waals surface area contributed by atoms with E-state index in [4.69, 9.17) is 0 Å². The maximum atomic E-state index is 10.4. The molecule has 2 aliphatic heterocycles. The highest BCUT2D eigenvalue weighted by Gasteiger charge is 2.56. The average molecular weight is 452 g/mol. The lowest BCUT2D eigenvalue weighted by Gasteiger charge is -2.41. The van der Waals surface area contributed by atoms with Crippen LogP contribution in [0.2, 0.25) is 0 Å². The van der Waals surface area contributed by atoms with E-state index < -0.39 is 6.02 Å². The van der Waals surface area contributed by atoms with E-state index in [0.29, 0.717) is 5.92 Å². The molecular formula is C32H38N2. The zero-order valence-corrected chi connectivity index (χ0v) is 21.1. The highest BCUT2D eigenvalue weighted by atomic mass is 15.5. The molecule has 6 rings (SSSR count). The predicted molar refractivity (Wildman–Crippen MR) is 142 cm³/mol. The minimum atomic E-state index is -0.716. The van der Waals surface area contributed by atoms with E-state index >= 15 is 0 Å². The van der Waals surface area contributed by atoms with Crippen LogP contribution in [0.3, 0.4) is 0 Å². The van der Waals surface area contributed by atoms with Crippen molar-refractivity contribution < 1.29 is 1.37 Å². The molecule has 3 aromatic rings. The molecule has 3 aliphatic rings. The summed E-state index contributed by atoms with van der Waals surface area (Å²) in [6, 6.07) is 24.2. The predicted octanol–water partition coefficient (Wildman–Crippen LogP) is 8.20. The molecule has 0 amide bonds. The Kier molecular flexibility index (Phi) is 5.24. The van der Waals surface area contributed by atoms with Crippen LogP contribution in [0.1, 0.15) is 92.0 Å². The number of fused-ring (bicyclic) bond motifs is 3. The van der Waals surface area contributed by atoms with Crippen molar-refractivity contribution in [1.82, 2.24) is 4.90 Å². The topological polar surface area (TPSA) is 6.48 Å². The number of hydrogen-bond donors (Lipinski definition) is 0. The lowest BCUT2D eigenvalue weighted by molar-refractivity contribution is 0.0874. The molecule has 0 spiro atoms. The third-order valence-corrected chi connectivity index (χ3v) is 8.74. The van der Waals surface area contributed by atoms with Gasteiger partial charge in [0.25, 0.3) is 0 Å². The molecule has 3 aromatic carbocycles. The van der Waals surface area contributed by atoms with Gasteiger partial charge in [-0.25, -0.2) is 0 Å². The molecule has 0 bridgehead atoms. The molecule has 1 saturated carbocycles. The molecule has 34 heavy (non-hydrogen) atoms. The first kappa shape index (κ1) is 20.8. The van der Waals surface area contributed by atoms with Gasteiger partial charge in [0.1, 0.15) is 6.17 Å². The van der Waals surface area contributed by atoms with Crippen molar-refractivity contribution in [3.05, 3.63) is 100 Å². The molecule has 4 atom stereocenters. The SMILES string of the molecule is [2H]C1(C2CCCCC2)c2ccccc2C2[C@H](C)N(c3ccccc3C)C(c3c(C)cccc3C)N21. The first-order chi connectivity index (χ1) is 16.9. The number of rotatable bonds is 3. The van der Waals surface area contributed by atoms with Crippen molar-refractivity contribution in [3.8, 4) is 0 Å². The standard InChI is InChI=1S/C32H38N2/c1-21-13-8-11-20-28(21)33-24(4)30-26-18-9-10-19-27(26)31(25-16-6-5-7-17-25)34(30)32(33)29-22(2)14-12-15-23(29)3/h8-15,18-20,24-25,30-32H,5-7,16-17H2,1-4H3/t24-,30?,31?,32?/m0/s1/i31D. The van der Waals surface area contributed by atoms with Gasteiger partial charge in [-0.1, -0.05) is 79.9 Å². The van der Waals surface area contributed by atoms with E-state index in [-0.39, 0.29) is 18.2 Å². The van der Waals surface area contributed by atoms with Crippen molar-refractivity contribution in [2.75, 3.05) is 4.90 Å². The van der Waals surface area contributed by atoms with Crippen LogP contribution < -0.4 is 4.90 Å². The molecule has 2 heteroatoms. The number of benzene rings is 3. The number of nitrogens with zero attached hydrogens (tertiary/aromatic N) is 2. The summed E-state index contributed by atoms with van der Waals surface area (Å²) in [6.45, 7) is 9.13. The highest BCUT2D eigenvalue weighted by molar-refractivity contribution is 5.60. The zero-order valence-electron chi connectivity index (χ0n) is 22.1. The summed E-state index contributed by atoms with van der Waals surface area (Å²) in [5.41, 5.74) is 9.25. The zero-order chi connectivity index (χ0) is 24.3. The van der Waals surface area contributed by atoms with Crippen LogP contribution in [0.15, 0.2) is 66.7 Å². The van der Waals surface area contributed by atoms with Gasteiger partial charge < -0.3 is 4.90 Å². The van der Waals surface area contributed by atoms with E-state index in [1.165, 1.54) is 58.3 Å². The van der Waals surface area contributed by atoms with Crippen molar-refractivity contribution in [2.45, 2.75) is 84.1 Å². The number of anilines is 1. The normalized spacial score (nSPS) is 29.7. The van der Waals surface area contributed by atoms with E-state index in [1.807, 2.05) is 0 Å². The molecule has 1 saturated heterocycles. The maximum absolute atomic E-state index is 10.4. The molecular weight excluding hydrogens is 412 g/mol. The van der Waals surface area contributed by atoms with Crippen LogP contribution in [0.5, 0.6) is 0 Å². The average Bonchev–Trinajstić information content (AvgIpc) is 3.31. The van der Waals surface area contributed by atoms with Crippen LogP contribution in [-0.2, 0) is 0 Å². The van der Waals surface area contributed by atoms with Gasteiger partial charge in [0.15, 0.2) is 0 Å². The van der Waals surface area contributed by atoms with Gasteiger partial charge in [0, 0.05) is 17.7 Å². The van der Waals surface area contributed by atoms with Crippen LogP contribution in [0.4, 0.5) is 5.69 Å². The largest absolute Gasteiger partial charge is 0.347 e.